The van der Waals surface area contributed by atoms with Crippen LogP contribution in [-0.4, -0.2) is 17.2 Å². The molecule has 3 heteroatoms. The standard InChI is InChI=1S/C15H20O3/c1-11(2)12(3)18-10-14-7-5-4-6-13(14)8-9-15(16)17/h4-9,11-12H,10H2,1-3H3,(H,16,17). The van der Waals surface area contributed by atoms with Gasteiger partial charge in [0, 0.05) is 6.08 Å². The van der Waals surface area contributed by atoms with Crippen LogP contribution in [0.15, 0.2) is 30.3 Å². The van der Waals surface area contributed by atoms with Gasteiger partial charge in [0.15, 0.2) is 0 Å². The Bertz CT molecular complexity index is 422. The van der Waals surface area contributed by atoms with E-state index in [1.165, 1.54) is 0 Å². The number of hydrogen-bond donors (Lipinski definition) is 1. The van der Waals surface area contributed by atoms with Crippen molar-refractivity contribution in [1.82, 2.24) is 0 Å². The summed E-state index contributed by atoms with van der Waals surface area (Å²) in [6, 6.07) is 7.65. The maximum Gasteiger partial charge on any atom is 0.328 e. The Morgan fingerprint density at radius 2 is 2.00 bits per heavy atom. The van der Waals surface area contributed by atoms with Crippen LogP contribution in [0.1, 0.15) is 31.9 Å². The average molecular weight is 248 g/mol. The molecule has 0 heterocycles. The highest BCUT2D eigenvalue weighted by Gasteiger charge is 2.08. The van der Waals surface area contributed by atoms with Crippen molar-refractivity contribution in [3.63, 3.8) is 0 Å². The van der Waals surface area contributed by atoms with Crippen molar-refractivity contribution in [2.45, 2.75) is 33.5 Å². The second kappa shape index (κ2) is 6.97. The zero-order valence-electron chi connectivity index (χ0n) is 11.1. The van der Waals surface area contributed by atoms with Gasteiger partial charge >= 0.3 is 5.97 Å². The van der Waals surface area contributed by atoms with Gasteiger partial charge in [-0.05, 0) is 30.0 Å². The van der Waals surface area contributed by atoms with Crippen molar-refractivity contribution in [1.29, 1.82) is 0 Å². The molecule has 0 fully saturated rings. The maximum atomic E-state index is 10.5. The molecule has 0 radical (unpaired) electrons. The Morgan fingerprint density at radius 3 is 2.61 bits per heavy atom. The number of rotatable bonds is 6. The van der Waals surface area contributed by atoms with Crippen LogP contribution in [-0.2, 0) is 16.1 Å². The van der Waals surface area contributed by atoms with Gasteiger partial charge in [-0.25, -0.2) is 4.79 Å². The van der Waals surface area contributed by atoms with E-state index in [-0.39, 0.29) is 6.10 Å². The van der Waals surface area contributed by atoms with Gasteiger partial charge in [0.05, 0.1) is 12.7 Å². The lowest BCUT2D eigenvalue weighted by molar-refractivity contribution is -0.131. The molecule has 0 saturated carbocycles. The number of hydrogen-bond acceptors (Lipinski definition) is 2. The molecule has 1 aromatic carbocycles. The first kappa shape index (κ1) is 14.5. The van der Waals surface area contributed by atoms with Gasteiger partial charge in [-0.3, -0.25) is 0 Å². The third kappa shape index (κ3) is 4.72. The van der Waals surface area contributed by atoms with E-state index in [2.05, 4.69) is 13.8 Å². The summed E-state index contributed by atoms with van der Waals surface area (Å²) in [6.45, 7) is 6.77. The molecule has 0 aromatic heterocycles. The van der Waals surface area contributed by atoms with E-state index in [1.807, 2.05) is 31.2 Å². The van der Waals surface area contributed by atoms with Gasteiger partial charge in [-0.2, -0.15) is 0 Å². The molecule has 0 spiro atoms. The highest BCUT2D eigenvalue weighted by atomic mass is 16.5. The number of ether oxygens (including phenoxy) is 1. The van der Waals surface area contributed by atoms with Gasteiger partial charge in [0.25, 0.3) is 0 Å². The number of carboxylic acid groups (broad SMARTS) is 1. The molecule has 98 valence electrons. The van der Waals surface area contributed by atoms with Crippen LogP contribution < -0.4 is 0 Å². The Kier molecular flexibility index (Phi) is 5.59. The molecule has 3 nitrogen and oxygen atoms in total. The van der Waals surface area contributed by atoms with Gasteiger partial charge in [-0.15, -0.1) is 0 Å². The topological polar surface area (TPSA) is 46.5 Å². The van der Waals surface area contributed by atoms with Crippen molar-refractivity contribution < 1.29 is 14.6 Å². The van der Waals surface area contributed by atoms with Crippen molar-refractivity contribution >= 4 is 12.0 Å². The molecule has 0 bridgehead atoms. The fourth-order valence-corrected chi connectivity index (χ4v) is 1.40. The Labute approximate surface area is 108 Å². The minimum Gasteiger partial charge on any atom is -0.478 e. The Morgan fingerprint density at radius 1 is 1.33 bits per heavy atom. The van der Waals surface area contributed by atoms with Crippen molar-refractivity contribution in [3.8, 4) is 0 Å². The van der Waals surface area contributed by atoms with Crippen LogP contribution >= 0.6 is 0 Å². The van der Waals surface area contributed by atoms with Gasteiger partial charge in [0.1, 0.15) is 0 Å². The highest BCUT2D eigenvalue weighted by molar-refractivity contribution is 5.85. The van der Waals surface area contributed by atoms with Crippen LogP contribution in [0.5, 0.6) is 0 Å². The van der Waals surface area contributed by atoms with Crippen molar-refractivity contribution in [2.24, 2.45) is 5.92 Å². The minimum absolute atomic E-state index is 0.182. The SMILES string of the molecule is CC(C)C(C)OCc1ccccc1C=CC(=O)O. The van der Waals surface area contributed by atoms with E-state index in [0.29, 0.717) is 12.5 Å². The molecule has 18 heavy (non-hydrogen) atoms. The van der Waals surface area contributed by atoms with Crippen LogP contribution in [0, 0.1) is 5.92 Å². The van der Waals surface area contributed by atoms with E-state index in [0.717, 1.165) is 17.2 Å². The second-order valence-electron chi connectivity index (χ2n) is 4.63. The van der Waals surface area contributed by atoms with E-state index < -0.39 is 5.97 Å². The minimum atomic E-state index is -0.943. The van der Waals surface area contributed by atoms with Crippen LogP contribution in [0.25, 0.3) is 6.08 Å². The van der Waals surface area contributed by atoms with E-state index in [1.54, 1.807) is 6.08 Å². The molecule has 1 aromatic rings. The summed E-state index contributed by atoms with van der Waals surface area (Å²) >= 11 is 0. The summed E-state index contributed by atoms with van der Waals surface area (Å²) in [7, 11) is 0. The zero-order chi connectivity index (χ0) is 13.5. The molecule has 0 saturated heterocycles. The Hall–Kier alpha value is -1.61. The molecule has 0 aliphatic heterocycles. The van der Waals surface area contributed by atoms with Gasteiger partial charge in [0.2, 0.25) is 0 Å². The predicted octanol–water partition coefficient (Wildman–Crippen LogP) is 3.35. The third-order valence-corrected chi connectivity index (χ3v) is 2.90. The number of benzene rings is 1. The maximum absolute atomic E-state index is 10.5. The molecule has 1 N–H and O–H groups in total. The summed E-state index contributed by atoms with van der Waals surface area (Å²) in [5, 5.41) is 8.64. The van der Waals surface area contributed by atoms with Gasteiger partial charge in [-0.1, -0.05) is 38.1 Å². The summed E-state index contributed by atoms with van der Waals surface area (Å²) < 4.78 is 5.76. The van der Waals surface area contributed by atoms with E-state index in [9.17, 15) is 4.79 Å². The fourth-order valence-electron chi connectivity index (χ4n) is 1.40. The molecular formula is C15H20O3. The average Bonchev–Trinajstić information content (AvgIpc) is 2.34. The number of carboxylic acids is 1. The molecule has 0 amide bonds. The van der Waals surface area contributed by atoms with Crippen LogP contribution in [0.3, 0.4) is 0 Å². The Balaban J connectivity index is 2.73. The predicted molar refractivity (Wildman–Crippen MR) is 72.2 cm³/mol. The molecule has 0 aliphatic carbocycles. The van der Waals surface area contributed by atoms with Crippen LogP contribution in [0.4, 0.5) is 0 Å². The fraction of sp³-hybridized carbons (Fsp3) is 0.400. The first-order valence-electron chi connectivity index (χ1n) is 6.11. The highest BCUT2D eigenvalue weighted by Crippen LogP contribution is 2.15. The largest absolute Gasteiger partial charge is 0.478 e. The lowest BCUT2D eigenvalue weighted by atomic mass is 10.1. The first-order valence-corrected chi connectivity index (χ1v) is 6.11. The first-order chi connectivity index (χ1) is 8.50. The smallest absolute Gasteiger partial charge is 0.328 e. The van der Waals surface area contributed by atoms with Crippen molar-refractivity contribution in [3.05, 3.63) is 41.5 Å². The van der Waals surface area contributed by atoms with E-state index >= 15 is 0 Å². The lowest BCUT2D eigenvalue weighted by Crippen LogP contribution is -2.15. The molecule has 1 atom stereocenters. The molecule has 0 aliphatic rings. The number of aliphatic carboxylic acids is 1. The summed E-state index contributed by atoms with van der Waals surface area (Å²) in [6.07, 6.45) is 2.92. The quantitative estimate of drug-likeness (QED) is 0.785. The lowest BCUT2D eigenvalue weighted by Gasteiger charge is -2.17. The van der Waals surface area contributed by atoms with Crippen LogP contribution in [0.2, 0.25) is 0 Å². The molecule has 1 rings (SSSR count). The van der Waals surface area contributed by atoms with E-state index in [4.69, 9.17) is 9.84 Å². The second-order valence-corrected chi connectivity index (χ2v) is 4.63. The zero-order valence-corrected chi connectivity index (χ0v) is 11.1. The third-order valence-electron chi connectivity index (χ3n) is 2.90. The monoisotopic (exact) mass is 248 g/mol. The summed E-state index contributed by atoms with van der Waals surface area (Å²) in [4.78, 5) is 10.5. The summed E-state index contributed by atoms with van der Waals surface area (Å²) in [5.41, 5.74) is 1.89. The molecular weight excluding hydrogens is 228 g/mol. The molecule has 1 unspecified atom stereocenters. The normalized spacial score (nSPS) is 13.1. The van der Waals surface area contributed by atoms with Gasteiger partial charge < -0.3 is 9.84 Å². The number of carbonyl (C=O) groups is 1. The van der Waals surface area contributed by atoms with Crippen molar-refractivity contribution in [2.75, 3.05) is 0 Å². The summed E-state index contributed by atoms with van der Waals surface area (Å²) in [5.74, 6) is -0.479.